The maximum Gasteiger partial charge on any atom is 0.275 e. The molecule has 125 heavy (non-hydrogen) atoms. The highest BCUT2D eigenvalue weighted by Gasteiger charge is 2.35. The van der Waals surface area contributed by atoms with Crippen LogP contribution in [0.15, 0.2) is 198 Å². The van der Waals surface area contributed by atoms with E-state index in [0.717, 1.165) is 85.7 Å². The number of nitrogens with one attached hydrogen (secondary N) is 5. The molecule has 0 spiro atoms. The van der Waals surface area contributed by atoms with E-state index >= 15 is 0 Å². The molecule has 0 saturated heterocycles. The molecule has 0 atom stereocenters. The molecule has 20 rings (SSSR count). The number of halogens is 2. The van der Waals surface area contributed by atoms with Gasteiger partial charge in [-0.1, -0.05) is 232 Å². The molecule has 27 heteroatoms. The van der Waals surface area contributed by atoms with Crippen molar-refractivity contribution in [3.63, 3.8) is 0 Å². The zero-order chi connectivity index (χ0) is 86.8. The largest absolute Gasteiger partial charge is 0.362 e. The van der Waals surface area contributed by atoms with Crippen molar-refractivity contribution >= 4 is 116 Å². The Labute approximate surface area is 762 Å². The summed E-state index contributed by atoms with van der Waals surface area (Å²) in [4.78, 5) is 87.8. The number of hydrogen-bond donors (Lipinski definition) is 5. The number of H-pyrrole nitrogens is 5. The fraction of sp³-hybridized carbons (Fsp3) is 0.378. The zero-order valence-electron chi connectivity index (χ0n) is 71.0. The molecule has 5 N–H and O–H groups in total. The topological polar surface area (TPSA) is 249 Å². The molecular formula is C98H106BrClN16O5S4. The number of thioether (sulfide) groups is 4. The molecule has 0 unspecified atom stereocenters. The van der Waals surface area contributed by atoms with Gasteiger partial charge in [-0.25, -0.2) is 5.10 Å². The smallest absolute Gasteiger partial charge is 0.275 e. The summed E-state index contributed by atoms with van der Waals surface area (Å²) in [7, 11) is 0. The number of rotatable bonds is 25. The minimum atomic E-state index is -0.109. The lowest BCUT2D eigenvalue weighted by atomic mass is 9.85. The molecule has 6 aliphatic carbocycles. The lowest BCUT2D eigenvalue weighted by Crippen LogP contribution is -2.37. The number of nitrogens with zero attached hydrogens (tertiary/aromatic N) is 11. The van der Waals surface area contributed by atoms with Gasteiger partial charge in [0.15, 0.2) is 17.1 Å². The SMILES string of the molecule is C=C1Cc2cccc(CN(CC3CCC3)C(=O)c3cc(Br)[nH]n3)c2S1.C=C1Cc2cccc(CN(CC3CCC3)C(=O)c3cc(C)[nH]n3)c2S1.C=C1Cc2cccc(CN(CC3CCC3)C(=O)c3cc(Cl)[nH]n3)c2S1.Cc1cc(C(=O)N(Cc2cccc3c2C=CC3)CC2CCC2)n[nH]1.[C-]#[N+]c1cc(C(=O)N(Cc2cccc3c2SC(=C)C3)CC2CCC2)n[nH]1. The predicted octanol–water partition coefficient (Wildman–Crippen LogP) is 22.1. The maximum absolute atomic E-state index is 13.0. The Bertz CT molecular complexity index is 5470. The first-order chi connectivity index (χ1) is 60.6. The predicted molar refractivity (Wildman–Crippen MR) is 502 cm³/mol. The summed E-state index contributed by atoms with van der Waals surface area (Å²) >= 11 is 16.2. The second kappa shape index (κ2) is 40.7. The van der Waals surface area contributed by atoms with Crippen molar-refractivity contribution < 1.29 is 24.0 Å². The number of carbonyl (C=O) groups is 5. The highest BCUT2D eigenvalue weighted by Crippen LogP contribution is 2.47. The molecule has 0 bridgehead atoms. The van der Waals surface area contributed by atoms with Crippen LogP contribution in [0.1, 0.15) is 221 Å². The molecule has 5 aromatic carbocycles. The van der Waals surface area contributed by atoms with Gasteiger partial charge in [0.25, 0.3) is 35.4 Å². The van der Waals surface area contributed by atoms with E-state index in [1.165, 1.54) is 198 Å². The third-order valence-electron chi connectivity index (χ3n) is 25.2. The molecule has 9 heterocycles. The summed E-state index contributed by atoms with van der Waals surface area (Å²) in [6.45, 7) is 34.4. The number of fused-ring (bicyclic) bond motifs is 5. The molecule has 10 aromatic rings. The Hall–Kier alpha value is -10.1. The van der Waals surface area contributed by atoms with E-state index in [9.17, 15) is 24.0 Å². The van der Waals surface area contributed by atoms with E-state index in [-0.39, 0.29) is 29.5 Å². The number of carbonyl (C=O) groups excluding carboxylic acids is 5. The highest BCUT2D eigenvalue weighted by molar-refractivity contribution is 9.10. The van der Waals surface area contributed by atoms with Crippen LogP contribution in [0, 0.1) is 50.0 Å². The Morgan fingerprint density at radius 3 is 0.992 bits per heavy atom. The minimum Gasteiger partial charge on any atom is -0.362 e. The van der Waals surface area contributed by atoms with Crippen LogP contribution in [0.2, 0.25) is 5.15 Å². The van der Waals surface area contributed by atoms with Gasteiger partial charge in [0.1, 0.15) is 21.1 Å². The van der Waals surface area contributed by atoms with Crippen LogP contribution in [0.25, 0.3) is 10.9 Å². The number of hydrogen-bond acceptors (Lipinski definition) is 14. The normalized spacial score (nSPS) is 16.4. The van der Waals surface area contributed by atoms with Crippen molar-refractivity contribution in [2.45, 2.75) is 195 Å². The third kappa shape index (κ3) is 21.9. The average Bonchev–Trinajstić information content (AvgIpc) is 1.70. The number of aromatic amines is 5. The summed E-state index contributed by atoms with van der Waals surface area (Å²) in [5.74, 6) is 3.22. The number of benzene rings is 5. The van der Waals surface area contributed by atoms with Gasteiger partial charge >= 0.3 is 0 Å². The molecule has 646 valence electrons. The van der Waals surface area contributed by atoms with Crippen LogP contribution in [0.3, 0.4) is 0 Å². The molecule has 10 aliphatic rings. The quantitative estimate of drug-likeness (QED) is 0.0334. The summed E-state index contributed by atoms with van der Waals surface area (Å²) in [6.07, 6.45) is 27.5. The second-order valence-corrected chi connectivity index (χ2v) is 40.7. The number of aryl methyl sites for hydroxylation is 2. The van der Waals surface area contributed by atoms with Gasteiger partial charge in [0.2, 0.25) is 0 Å². The molecule has 5 aromatic heterocycles. The third-order valence-corrected chi connectivity index (χ3v) is 30.4. The molecule has 4 aliphatic heterocycles. The first-order valence-electron chi connectivity index (χ1n) is 43.6. The maximum atomic E-state index is 13.0. The van der Waals surface area contributed by atoms with Gasteiger partial charge in [-0.05, 0) is 229 Å². The number of aromatic nitrogens is 10. The van der Waals surface area contributed by atoms with Gasteiger partial charge in [0.05, 0.1) is 0 Å². The van der Waals surface area contributed by atoms with E-state index in [1.807, 2.05) is 50.5 Å². The van der Waals surface area contributed by atoms with Crippen LogP contribution in [-0.4, -0.2) is 138 Å². The minimum absolute atomic E-state index is 0.00623. The Morgan fingerprint density at radius 2 is 0.704 bits per heavy atom. The first kappa shape index (κ1) is 88.3. The van der Waals surface area contributed by atoms with E-state index in [1.54, 1.807) is 59.2 Å². The Kier molecular flexibility index (Phi) is 28.7. The highest BCUT2D eigenvalue weighted by atomic mass is 79.9. The summed E-state index contributed by atoms with van der Waals surface area (Å²) in [5.41, 5.74) is 18.0. The first-order valence-corrected chi connectivity index (χ1v) is 48.1. The van der Waals surface area contributed by atoms with E-state index in [0.29, 0.717) is 102 Å². The van der Waals surface area contributed by atoms with Crippen LogP contribution >= 0.6 is 74.6 Å². The summed E-state index contributed by atoms with van der Waals surface area (Å²) in [6, 6.07) is 40.4. The monoisotopic (exact) mass is 1830 g/mol. The van der Waals surface area contributed by atoms with Crippen molar-refractivity contribution in [2.75, 3.05) is 32.7 Å². The van der Waals surface area contributed by atoms with Crippen molar-refractivity contribution in [2.24, 2.45) is 29.6 Å². The zero-order valence-corrected chi connectivity index (χ0v) is 76.6. The van der Waals surface area contributed by atoms with Crippen molar-refractivity contribution in [1.29, 1.82) is 0 Å². The van der Waals surface area contributed by atoms with Gasteiger partial charge in [-0.2, -0.15) is 20.4 Å². The van der Waals surface area contributed by atoms with Gasteiger partial charge in [-0.3, -0.25) is 44.4 Å². The summed E-state index contributed by atoms with van der Waals surface area (Å²) < 4.78 is 0.729. The Balaban J connectivity index is 0.000000115. The van der Waals surface area contributed by atoms with Crippen molar-refractivity contribution in [3.05, 3.63) is 296 Å². The fourth-order valence-electron chi connectivity index (χ4n) is 17.4. The molecule has 5 fully saturated rings. The van der Waals surface area contributed by atoms with Crippen LogP contribution in [0.5, 0.6) is 0 Å². The lowest BCUT2D eigenvalue weighted by molar-refractivity contribution is 0.0666. The van der Waals surface area contributed by atoms with Crippen molar-refractivity contribution in [1.82, 2.24) is 75.5 Å². The van der Waals surface area contributed by atoms with Gasteiger partial charge in [-0.15, -0.1) is 0 Å². The second-order valence-electron chi connectivity index (χ2n) is 34.7. The van der Waals surface area contributed by atoms with E-state index in [4.69, 9.17) is 18.2 Å². The number of amides is 5. The summed E-state index contributed by atoms with van der Waals surface area (Å²) in [5, 5.41) is 34.8. The number of allylic oxidation sites excluding steroid dienone is 5. The molecular weight excluding hydrogens is 1720 g/mol. The van der Waals surface area contributed by atoms with Gasteiger partial charge < -0.3 is 29.3 Å². The Morgan fingerprint density at radius 1 is 0.408 bits per heavy atom. The van der Waals surface area contributed by atoms with E-state index < -0.39 is 0 Å². The van der Waals surface area contributed by atoms with E-state index in [2.05, 4.69) is 201 Å². The molecule has 0 radical (unpaired) electrons. The lowest BCUT2D eigenvalue weighted by Gasteiger charge is -2.32. The van der Waals surface area contributed by atoms with Gasteiger partial charge in [0, 0.05) is 134 Å². The van der Waals surface area contributed by atoms with Crippen LogP contribution in [-0.2, 0) is 64.8 Å². The van der Waals surface area contributed by atoms with Crippen LogP contribution in [0.4, 0.5) is 5.82 Å². The standard InChI is InChI=1S/C20H20N4OS.C20H23N3OS.C20H23N3O.C19H20BrN3OS.C19H20ClN3OS/c1-13-9-15-7-4-8-16(19(15)26-13)12-24(11-14-5-3-6-14)20(25)17-10-18(21-2)23-22-17;1-13-9-18(22-21-13)20(24)23(11-15-5-3-6-15)12-17-8-4-7-16-10-14(2)25-19(16)17;1-14-11-19(22-21-14)20(24)23(12-15-5-2-6-15)13-17-9-3-7-16-8-4-10-18(16)17;2*1-12-8-14-6-3-7-15(18(14)25-12)11-23(10-13-4-2-5-13)19(24)16-9-17(20)22-21-16/h4,7-8,10,14H,1,3,5-6,9,11-12H2,(H,22,23);4,7-9,15H,2-3,5-6,10-12H2,1H3,(H,21,22);3-4,7,9-11,15H,2,5-6,8,12-13H2,1H3,(H,21,22);2*3,6-7,9,13H,1-2,4-5,8,10-11H2,(H,21,22). The molecule has 5 amide bonds. The average molecular weight is 1830 g/mol. The van der Waals surface area contributed by atoms with Crippen LogP contribution < -0.4 is 0 Å². The molecule has 5 saturated carbocycles. The van der Waals surface area contributed by atoms with Crippen molar-refractivity contribution in [3.8, 4) is 0 Å². The molecule has 21 nitrogen and oxygen atoms in total. The fourth-order valence-corrected chi connectivity index (χ4v) is 22.1.